The molecule has 1 aromatic rings. The molecular weight excluding hydrogens is 468 g/mol. The van der Waals surface area contributed by atoms with Gasteiger partial charge in [-0.25, -0.2) is 4.79 Å². The second-order valence-electron chi connectivity index (χ2n) is 9.37. The van der Waals surface area contributed by atoms with E-state index in [1.165, 1.54) is 4.90 Å². The first-order chi connectivity index (χ1) is 16.8. The minimum atomic E-state index is -1.36. The number of ether oxygens (including phenoxy) is 2. The lowest BCUT2D eigenvalue weighted by Crippen LogP contribution is -2.56. The minimum absolute atomic E-state index is 0.00198. The molecule has 11 heteroatoms. The third kappa shape index (κ3) is 10.3. The van der Waals surface area contributed by atoms with Crippen molar-refractivity contribution < 1.29 is 33.4 Å². The molecule has 4 amide bonds. The largest absolute Gasteiger partial charge is 0.466 e. The Kier molecular flexibility index (Phi) is 11.9. The molecule has 0 saturated carbocycles. The molecule has 0 spiro atoms. The number of hydrogen-bond donors (Lipinski definition) is 3. The van der Waals surface area contributed by atoms with E-state index in [-0.39, 0.29) is 19.6 Å². The summed E-state index contributed by atoms with van der Waals surface area (Å²) in [6.45, 7) is 10.3. The molecule has 0 heterocycles. The molecule has 11 nitrogen and oxygen atoms in total. The summed E-state index contributed by atoms with van der Waals surface area (Å²) >= 11 is 0. The number of primary amides is 1. The van der Waals surface area contributed by atoms with Gasteiger partial charge in [-0.05, 0) is 47.1 Å². The molecule has 0 aliphatic carbocycles. The van der Waals surface area contributed by atoms with Crippen molar-refractivity contribution in [2.24, 2.45) is 5.73 Å². The Morgan fingerprint density at radius 1 is 1.06 bits per heavy atom. The molecule has 0 aliphatic heterocycles. The molecule has 0 aromatic heterocycles. The Balaban J connectivity index is 3.30. The zero-order valence-electron chi connectivity index (χ0n) is 21.8. The van der Waals surface area contributed by atoms with E-state index in [1.54, 1.807) is 71.9 Å². The number of hydrogen-bond acceptors (Lipinski definition) is 7. The summed E-state index contributed by atoms with van der Waals surface area (Å²) in [6, 6.07) is 5.57. The number of nitrogens with two attached hydrogens (primary N) is 1. The quantitative estimate of drug-likeness (QED) is 0.365. The smallest absolute Gasteiger partial charge is 0.408 e. The van der Waals surface area contributed by atoms with Crippen LogP contribution in [0.3, 0.4) is 0 Å². The Labute approximate surface area is 212 Å². The highest BCUT2D eigenvalue weighted by molar-refractivity contribution is 5.94. The van der Waals surface area contributed by atoms with Gasteiger partial charge in [-0.1, -0.05) is 30.3 Å². The Morgan fingerprint density at radius 2 is 1.67 bits per heavy atom. The normalized spacial score (nSPS) is 12.8. The standard InChI is InChI=1S/C25H38N4O7/c1-7-35-20(31)13-14-27-22(32)21(17-11-9-8-10-12-17)29(16(2)3)23(33)18(15-19(26)30)28-24(34)36-25(4,5)6/h8-12,16,18,21H,7,13-15H2,1-6H3,(H2,26,30)(H,27,32)(H,28,34). The van der Waals surface area contributed by atoms with Crippen LogP contribution in [0.1, 0.15) is 66.0 Å². The van der Waals surface area contributed by atoms with Crippen LogP contribution >= 0.6 is 0 Å². The summed E-state index contributed by atoms with van der Waals surface area (Å²) in [5.74, 6) is -2.51. The molecule has 0 radical (unpaired) electrons. The highest BCUT2D eigenvalue weighted by atomic mass is 16.6. The van der Waals surface area contributed by atoms with Gasteiger partial charge in [0.05, 0.1) is 19.4 Å². The van der Waals surface area contributed by atoms with Gasteiger partial charge in [0, 0.05) is 12.6 Å². The maximum absolute atomic E-state index is 13.7. The van der Waals surface area contributed by atoms with E-state index >= 15 is 0 Å². The number of nitrogens with one attached hydrogen (secondary N) is 2. The zero-order chi connectivity index (χ0) is 27.5. The zero-order valence-corrected chi connectivity index (χ0v) is 21.8. The van der Waals surface area contributed by atoms with E-state index in [4.69, 9.17) is 15.2 Å². The van der Waals surface area contributed by atoms with Crippen LogP contribution in [-0.4, -0.2) is 65.5 Å². The van der Waals surface area contributed by atoms with Crippen molar-refractivity contribution in [1.82, 2.24) is 15.5 Å². The second kappa shape index (κ2) is 14.1. The van der Waals surface area contributed by atoms with Crippen LogP contribution in [0.2, 0.25) is 0 Å². The van der Waals surface area contributed by atoms with E-state index in [2.05, 4.69) is 10.6 Å². The van der Waals surface area contributed by atoms with Crippen LogP contribution in [0, 0.1) is 0 Å². The summed E-state index contributed by atoms with van der Waals surface area (Å²) in [4.78, 5) is 64.1. The fourth-order valence-electron chi connectivity index (χ4n) is 3.40. The molecule has 1 rings (SSSR count). The topological polar surface area (TPSA) is 157 Å². The maximum atomic E-state index is 13.7. The molecule has 2 atom stereocenters. The van der Waals surface area contributed by atoms with E-state index in [1.807, 2.05) is 0 Å². The molecule has 0 saturated heterocycles. The molecule has 0 bridgehead atoms. The molecular formula is C25H38N4O7. The minimum Gasteiger partial charge on any atom is -0.466 e. The van der Waals surface area contributed by atoms with Gasteiger partial charge in [0.2, 0.25) is 17.7 Å². The second-order valence-corrected chi connectivity index (χ2v) is 9.37. The lowest BCUT2D eigenvalue weighted by molar-refractivity contribution is -0.146. The summed E-state index contributed by atoms with van der Waals surface area (Å²) in [6.07, 6.45) is -1.44. The molecule has 2 unspecified atom stereocenters. The van der Waals surface area contributed by atoms with Crippen molar-refractivity contribution in [3.63, 3.8) is 0 Å². The molecule has 36 heavy (non-hydrogen) atoms. The first-order valence-corrected chi connectivity index (χ1v) is 11.8. The Hall–Kier alpha value is -3.63. The van der Waals surface area contributed by atoms with Gasteiger partial charge >= 0.3 is 12.1 Å². The molecule has 200 valence electrons. The molecule has 0 fully saturated rings. The Bertz CT molecular complexity index is 913. The maximum Gasteiger partial charge on any atom is 0.408 e. The number of carbonyl (C=O) groups is 5. The van der Waals surface area contributed by atoms with Crippen molar-refractivity contribution in [2.75, 3.05) is 13.2 Å². The molecule has 1 aromatic carbocycles. The van der Waals surface area contributed by atoms with Gasteiger partial charge in [0.25, 0.3) is 0 Å². The monoisotopic (exact) mass is 506 g/mol. The van der Waals surface area contributed by atoms with E-state index < -0.39 is 59.9 Å². The first-order valence-electron chi connectivity index (χ1n) is 11.8. The van der Waals surface area contributed by atoms with E-state index in [0.717, 1.165) is 0 Å². The van der Waals surface area contributed by atoms with Crippen LogP contribution in [-0.2, 0) is 28.7 Å². The highest BCUT2D eigenvalue weighted by Crippen LogP contribution is 2.25. The number of alkyl carbamates (subject to hydrolysis) is 1. The van der Waals surface area contributed by atoms with Crippen molar-refractivity contribution in [1.29, 1.82) is 0 Å². The van der Waals surface area contributed by atoms with Crippen molar-refractivity contribution in [3.05, 3.63) is 35.9 Å². The first kappa shape index (κ1) is 30.4. The fourth-order valence-corrected chi connectivity index (χ4v) is 3.40. The van der Waals surface area contributed by atoms with Crippen LogP contribution in [0.4, 0.5) is 4.79 Å². The lowest BCUT2D eigenvalue weighted by Gasteiger charge is -2.37. The van der Waals surface area contributed by atoms with Gasteiger partial charge in [-0.2, -0.15) is 0 Å². The van der Waals surface area contributed by atoms with Crippen molar-refractivity contribution in [2.45, 2.75) is 78.1 Å². The van der Waals surface area contributed by atoms with E-state index in [0.29, 0.717) is 5.56 Å². The van der Waals surface area contributed by atoms with Crippen molar-refractivity contribution >= 4 is 29.8 Å². The van der Waals surface area contributed by atoms with Gasteiger partial charge < -0.3 is 30.7 Å². The Morgan fingerprint density at radius 3 is 2.17 bits per heavy atom. The van der Waals surface area contributed by atoms with Crippen molar-refractivity contribution in [3.8, 4) is 0 Å². The number of rotatable bonds is 12. The number of amides is 4. The van der Waals surface area contributed by atoms with E-state index in [9.17, 15) is 24.0 Å². The van der Waals surface area contributed by atoms with Crippen LogP contribution in [0.25, 0.3) is 0 Å². The summed E-state index contributed by atoms with van der Waals surface area (Å²) in [5, 5.41) is 5.09. The molecule has 4 N–H and O–H groups in total. The highest BCUT2D eigenvalue weighted by Gasteiger charge is 2.38. The number of nitrogens with zero attached hydrogens (tertiary/aromatic N) is 1. The van der Waals surface area contributed by atoms with Crippen LogP contribution < -0.4 is 16.4 Å². The average molecular weight is 507 g/mol. The number of carbonyl (C=O) groups excluding carboxylic acids is 5. The van der Waals surface area contributed by atoms with Gasteiger partial charge in [-0.3, -0.25) is 19.2 Å². The molecule has 0 aliphatic rings. The lowest BCUT2D eigenvalue weighted by atomic mass is 10.0. The fraction of sp³-hybridized carbons (Fsp3) is 0.560. The summed E-state index contributed by atoms with van der Waals surface area (Å²) in [5.41, 5.74) is 5.01. The van der Waals surface area contributed by atoms with Gasteiger partial charge in [0.1, 0.15) is 17.7 Å². The van der Waals surface area contributed by atoms with Crippen LogP contribution in [0.5, 0.6) is 0 Å². The number of esters is 1. The third-order valence-corrected chi connectivity index (χ3v) is 4.78. The van der Waals surface area contributed by atoms with Gasteiger partial charge in [0.15, 0.2) is 0 Å². The summed E-state index contributed by atoms with van der Waals surface area (Å²) < 4.78 is 10.1. The average Bonchev–Trinajstić information content (AvgIpc) is 2.75. The van der Waals surface area contributed by atoms with Gasteiger partial charge in [-0.15, -0.1) is 0 Å². The SMILES string of the molecule is CCOC(=O)CCNC(=O)C(c1ccccc1)N(C(=O)C(CC(N)=O)NC(=O)OC(C)(C)C)C(C)C. The summed E-state index contributed by atoms with van der Waals surface area (Å²) in [7, 11) is 0. The predicted molar refractivity (Wildman–Crippen MR) is 132 cm³/mol. The predicted octanol–water partition coefficient (Wildman–Crippen LogP) is 1.80. The van der Waals surface area contributed by atoms with Crippen LogP contribution in [0.15, 0.2) is 30.3 Å². The number of benzene rings is 1. The third-order valence-electron chi connectivity index (χ3n) is 4.78.